The second-order valence-electron chi connectivity index (χ2n) is 0.763. The maximum absolute atomic E-state index is 9.43. The summed E-state index contributed by atoms with van der Waals surface area (Å²) in [6, 6.07) is 0. The first-order valence-electron chi connectivity index (χ1n) is 1.40. The first-order valence-corrected chi connectivity index (χ1v) is 1.91. The monoisotopic (exact) mass is 104 g/mol. The summed E-state index contributed by atoms with van der Waals surface area (Å²) in [4.78, 5) is 18.9. The van der Waals surface area contributed by atoms with Crippen LogP contribution in [-0.2, 0) is 9.59 Å². The van der Waals surface area contributed by atoms with Crippen molar-refractivity contribution >= 4 is 25.2 Å². The van der Waals surface area contributed by atoms with Crippen LogP contribution >= 0.6 is 12.6 Å². The molecular weight excluding hydrogens is 100 g/mol. The van der Waals surface area contributed by atoms with Gasteiger partial charge in [0.15, 0.2) is 0 Å². The molecule has 0 saturated heterocycles. The summed E-state index contributed by atoms with van der Waals surface area (Å²) in [5.41, 5.74) is 0. The minimum Gasteiger partial charge on any atom is -0.302 e. The topological polar surface area (TPSA) is 34.1 Å². The Bertz CT molecular complexity index is 53.8. The lowest BCUT2D eigenvalue weighted by Crippen LogP contribution is -1.98. The summed E-state index contributed by atoms with van der Waals surface area (Å²) in [6.07, 6.45) is 0.937. The van der Waals surface area contributed by atoms with Crippen LogP contribution in [-0.4, -0.2) is 17.8 Å². The van der Waals surface area contributed by atoms with Gasteiger partial charge >= 0.3 is 0 Å². The summed E-state index contributed by atoms with van der Waals surface area (Å²) < 4.78 is 0. The van der Waals surface area contributed by atoms with E-state index in [1.54, 1.807) is 0 Å². The van der Waals surface area contributed by atoms with Crippen LogP contribution < -0.4 is 0 Å². The molecule has 34 valence electrons. The molecule has 0 amide bonds. The first kappa shape index (κ1) is 5.69. The number of aldehydes is 2. The molecule has 0 aromatic carbocycles. The van der Waals surface area contributed by atoms with E-state index in [0.29, 0.717) is 12.6 Å². The van der Waals surface area contributed by atoms with Crippen LogP contribution in [0.15, 0.2) is 0 Å². The maximum Gasteiger partial charge on any atom is 0.139 e. The van der Waals surface area contributed by atoms with Crippen molar-refractivity contribution in [3.63, 3.8) is 0 Å². The van der Waals surface area contributed by atoms with Crippen molar-refractivity contribution in [1.29, 1.82) is 0 Å². The standard InChI is InChI=1S/C3H4O2S/c4-1-3(6)2-5/h1-3,6H. The molecule has 0 N–H and O–H groups in total. The van der Waals surface area contributed by atoms with Gasteiger partial charge in [-0.15, -0.1) is 0 Å². The molecule has 6 heavy (non-hydrogen) atoms. The van der Waals surface area contributed by atoms with Gasteiger partial charge < -0.3 is 9.59 Å². The van der Waals surface area contributed by atoms with Crippen molar-refractivity contribution in [1.82, 2.24) is 0 Å². The second kappa shape index (κ2) is 2.90. The molecule has 0 atom stereocenters. The van der Waals surface area contributed by atoms with Crippen LogP contribution in [0.5, 0.6) is 0 Å². The van der Waals surface area contributed by atoms with Crippen molar-refractivity contribution in [2.75, 3.05) is 0 Å². The van der Waals surface area contributed by atoms with Crippen LogP contribution in [0.3, 0.4) is 0 Å². The summed E-state index contributed by atoms with van der Waals surface area (Å²) in [5.74, 6) is 0. The molecule has 0 radical (unpaired) electrons. The number of carbonyl (C=O) groups is 2. The molecule has 0 heterocycles. The molecule has 0 aromatic heterocycles. The van der Waals surface area contributed by atoms with Gasteiger partial charge in [0.2, 0.25) is 0 Å². The molecule has 0 saturated carbocycles. The fourth-order valence-corrected chi connectivity index (χ4v) is 0.0321. The zero-order chi connectivity index (χ0) is 4.99. The van der Waals surface area contributed by atoms with E-state index in [1.165, 1.54) is 0 Å². The highest BCUT2D eigenvalue weighted by atomic mass is 32.1. The van der Waals surface area contributed by atoms with Gasteiger partial charge in [0.05, 0.1) is 0 Å². The Morgan fingerprint density at radius 2 is 1.67 bits per heavy atom. The van der Waals surface area contributed by atoms with Gasteiger partial charge in [-0.05, 0) is 0 Å². The van der Waals surface area contributed by atoms with E-state index in [0.717, 1.165) is 0 Å². The van der Waals surface area contributed by atoms with Crippen LogP contribution in [0.25, 0.3) is 0 Å². The van der Waals surface area contributed by atoms with Gasteiger partial charge in [0.25, 0.3) is 0 Å². The Labute approximate surface area is 40.9 Å². The lowest BCUT2D eigenvalue weighted by atomic mass is 10.5. The molecule has 0 aromatic rings. The summed E-state index contributed by atoms with van der Waals surface area (Å²) in [6.45, 7) is 0. The molecule has 0 aliphatic carbocycles. The molecule has 2 nitrogen and oxygen atoms in total. The molecule has 0 aliphatic rings. The largest absolute Gasteiger partial charge is 0.302 e. The van der Waals surface area contributed by atoms with Crippen LogP contribution in [0.4, 0.5) is 0 Å². The smallest absolute Gasteiger partial charge is 0.139 e. The molecule has 3 heteroatoms. The number of hydrogen-bond acceptors (Lipinski definition) is 3. The van der Waals surface area contributed by atoms with E-state index in [9.17, 15) is 9.59 Å². The Morgan fingerprint density at radius 1 is 1.33 bits per heavy atom. The van der Waals surface area contributed by atoms with Crippen LogP contribution in [0.1, 0.15) is 0 Å². The number of thiol groups is 1. The average Bonchev–Trinajstić information content (AvgIpc) is 1.65. The van der Waals surface area contributed by atoms with Crippen LogP contribution in [0.2, 0.25) is 0 Å². The fourth-order valence-electron chi connectivity index (χ4n) is 0.0321. The van der Waals surface area contributed by atoms with Gasteiger partial charge in [0.1, 0.15) is 17.8 Å². The van der Waals surface area contributed by atoms with E-state index in [2.05, 4.69) is 12.6 Å². The summed E-state index contributed by atoms with van der Waals surface area (Å²) in [5, 5.41) is -0.731. The number of rotatable bonds is 2. The first-order chi connectivity index (χ1) is 2.81. The van der Waals surface area contributed by atoms with Gasteiger partial charge in [-0.25, -0.2) is 0 Å². The quantitative estimate of drug-likeness (QED) is 0.296. The highest BCUT2D eigenvalue weighted by Crippen LogP contribution is 1.79. The Kier molecular flexibility index (Phi) is 2.75. The minimum atomic E-state index is -0.731. The number of hydrogen-bond donors (Lipinski definition) is 1. The van der Waals surface area contributed by atoms with Gasteiger partial charge in [-0.1, -0.05) is 0 Å². The van der Waals surface area contributed by atoms with E-state index >= 15 is 0 Å². The fraction of sp³-hybridized carbons (Fsp3) is 0.333. The van der Waals surface area contributed by atoms with Gasteiger partial charge in [-0.3, -0.25) is 0 Å². The Balaban J connectivity index is 3.21. The van der Waals surface area contributed by atoms with Gasteiger partial charge in [0, 0.05) is 0 Å². The van der Waals surface area contributed by atoms with E-state index in [1.807, 2.05) is 0 Å². The molecule has 0 fully saturated rings. The minimum absolute atomic E-state index is 0.468. The molecule has 0 bridgehead atoms. The predicted molar refractivity (Wildman–Crippen MR) is 24.9 cm³/mol. The average molecular weight is 104 g/mol. The predicted octanol–water partition coefficient (Wildman–Crippen LogP) is -0.317. The van der Waals surface area contributed by atoms with E-state index in [4.69, 9.17) is 0 Å². The summed E-state index contributed by atoms with van der Waals surface area (Å²) in [7, 11) is 0. The molecule has 0 aliphatic heterocycles. The lowest BCUT2D eigenvalue weighted by Gasteiger charge is -1.77. The molecule has 0 unspecified atom stereocenters. The number of carbonyl (C=O) groups excluding carboxylic acids is 2. The zero-order valence-corrected chi connectivity index (χ0v) is 3.89. The summed E-state index contributed by atoms with van der Waals surface area (Å²) >= 11 is 3.49. The van der Waals surface area contributed by atoms with Crippen molar-refractivity contribution in [2.24, 2.45) is 0 Å². The van der Waals surface area contributed by atoms with Crippen molar-refractivity contribution in [3.8, 4) is 0 Å². The molecular formula is C3H4O2S. The van der Waals surface area contributed by atoms with E-state index in [-0.39, 0.29) is 0 Å². The molecule has 0 rings (SSSR count). The molecule has 0 spiro atoms. The lowest BCUT2D eigenvalue weighted by molar-refractivity contribution is -0.113. The Morgan fingerprint density at radius 3 is 1.67 bits per heavy atom. The highest BCUT2D eigenvalue weighted by Gasteiger charge is 1.90. The Hall–Kier alpha value is -0.310. The van der Waals surface area contributed by atoms with Crippen LogP contribution in [0, 0.1) is 0 Å². The van der Waals surface area contributed by atoms with Crippen molar-refractivity contribution < 1.29 is 9.59 Å². The SMILES string of the molecule is O=CC(S)C=O. The third kappa shape index (κ3) is 1.96. The normalized spacial score (nSPS) is 8.33. The maximum atomic E-state index is 9.43. The zero-order valence-electron chi connectivity index (χ0n) is 3.00. The second-order valence-corrected chi connectivity index (χ2v) is 1.36. The highest BCUT2D eigenvalue weighted by molar-refractivity contribution is 7.82. The van der Waals surface area contributed by atoms with Crippen molar-refractivity contribution in [3.05, 3.63) is 0 Å². The van der Waals surface area contributed by atoms with Crippen molar-refractivity contribution in [2.45, 2.75) is 5.25 Å². The third-order valence-electron chi connectivity index (χ3n) is 0.279. The van der Waals surface area contributed by atoms with Gasteiger partial charge in [-0.2, -0.15) is 12.6 Å². The third-order valence-corrected chi connectivity index (χ3v) is 0.522. The van der Waals surface area contributed by atoms with E-state index < -0.39 is 5.25 Å².